The maximum absolute atomic E-state index is 12.4. The monoisotopic (exact) mass is 425 g/mol. The molecule has 146 valence electrons. The molecule has 27 heavy (non-hydrogen) atoms. The van der Waals surface area contributed by atoms with Crippen LogP contribution in [0.3, 0.4) is 0 Å². The van der Waals surface area contributed by atoms with E-state index < -0.39 is 6.10 Å². The van der Waals surface area contributed by atoms with Gasteiger partial charge in [-0.25, -0.2) is 0 Å². The first-order valence-corrected chi connectivity index (χ1v) is 11.0. The van der Waals surface area contributed by atoms with Crippen molar-refractivity contribution in [3.63, 3.8) is 0 Å². The van der Waals surface area contributed by atoms with Gasteiger partial charge in [0.2, 0.25) is 0 Å². The van der Waals surface area contributed by atoms with Crippen LogP contribution in [0.25, 0.3) is 0 Å². The highest BCUT2D eigenvalue weighted by Crippen LogP contribution is 2.28. The molecule has 0 aliphatic rings. The average molecular weight is 426 g/mol. The number of carbonyl (C=O) groups excluding carboxylic acids is 1. The Morgan fingerprint density at radius 1 is 1.11 bits per heavy atom. The highest BCUT2D eigenvalue weighted by molar-refractivity contribution is 7.98. The molecule has 1 N–H and O–H groups in total. The fourth-order valence-electron chi connectivity index (χ4n) is 2.49. The second kappa shape index (κ2) is 11.5. The van der Waals surface area contributed by atoms with Gasteiger partial charge in [0.1, 0.15) is 5.75 Å². The van der Waals surface area contributed by atoms with Crippen molar-refractivity contribution >= 4 is 40.9 Å². The van der Waals surface area contributed by atoms with E-state index in [1.54, 1.807) is 11.8 Å². The summed E-state index contributed by atoms with van der Waals surface area (Å²) in [6.45, 7) is 4.62. The van der Waals surface area contributed by atoms with Crippen LogP contribution in [0.15, 0.2) is 42.5 Å². The maximum Gasteiger partial charge on any atom is 0.261 e. The molecule has 0 bridgehead atoms. The van der Waals surface area contributed by atoms with Gasteiger partial charge in [0.05, 0.1) is 0 Å². The molecule has 0 radical (unpaired) electrons. The number of thioether (sulfide) groups is 1. The summed E-state index contributed by atoms with van der Waals surface area (Å²) in [7, 11) is 0. The lowest BCUT2D eigenvalue weighted by atomic mass is 10.2. The molecule has 1 amide bonds. The zero-order valence-corrected chi connectivity index (χ0v) is 18.0. The molecule has 0 aliphatic heterocycles. The van der Waals surface area contributed by atoms with E-state index in [2.05, 4.69) is 12.2 Å². The van der Waals surface area contributed by atoms with E-state index in [4.69, 9.17) is 27.9 Å². The smallest absolute Gasteiger partial charge is 0.261 e. The second-order valence-electron chi connectivity index (χ2n) is 6.06. The first-order valence-electron chi connectivity index (χ1n) is 9.09. The molecule has 0 aliphatic carbocycles. The van der Waals surface area contributed by atoms with Crippen molar-refractivity contribution in [3.8, 4) is 5.75 Å². The van der Waals surface area contributed by atoms with E-state index in [0.29, 0.717) is 28.8 Å². The molecule has 1 atom stereocenters. The molecule has 2 rings (SSSR count). The molecule has 0 spiro atoms. The van der Waals surface area contributed by atoms with Gasteiger partial charge in [-0.15, -0.1) is 0 Å². The van der Waals surface area contributed by atoms with Gasteiger partial charge in [-0.3, -0.25) is 4.79 Å². The first-order chi connectivity index (χ1) is 13.0. The zero-order valence-electron chi connectivity index (χ0n) is 15.6. The lowest BCUT2D eigenvalue weighted by Gasteiger charge is -2.17. The summed E-state index contributed by atoms with van der Waals surface area (Å²) in [5, 5.41) is 4.29. The molecular weight excluding hydrogens is 401 g/mol. The van der Waals surface area contributed by atoms with Crippen LogP contribution >= 0.6 is 35.0 Å². The van der Waals surface area contributed by atoms with Crippen molar-refractivity contribution in [1.29, 1.82) is 0 Å². The SMILES string of the molecule is CCc1ccc(O[C@@H](CC)C(=O)NCCSCc2c(Cl)cccc2Cl)cc1. The third kappa shape index (κ3) is 6.95. The summed E-state index contributed by atoms with van der Waals surface area (Å²) >= 11 is 14.0. The molecule has 0 saturated carbocycles. The number of halogens is 2. The van der Waals surface area contributed by atoms with Crippen LogP contribution in [-0.4, -0.2) is 24.3 Å². The van der Waals surface area contributed by atoms with Crippen LogP contribution < -0.4 is 10.1 Å². The second-order valence-corrected chi connectivity index (χ2v) is 7.98. The number of benzene rings is 2. The van der Waals surface area contributed by atoms with Crippen LogP contribution in [-0.2, 0) is 17.0 Å². The minimum Gasteiger partial charge on any atom is -0.481 e. The number of ether oxygens (including phenoxy) is 1. The first kappa shape index (κ1) is 21.9. The predicted octanol–water partition coefficient (Wildman–Crippen LogP) is 5.76. The van der Waals surface area contributed by atoms with Gasteiger partial charge in [-0.05, 0) is 48.2 Å². The van der Waals surface area contributed by atoms with Crippen molar-refractivity contribution < 1.29 is 9.53 Å². The summed E-state index contributed by atoms with van der Waals surface area (Å²) in [4.78, 5) is 12.4. The molecule has 0 aromatic heterocycles. The lowest BCUT2D eigenvalue weighted by Crippen LogP contribution is -2.39. The van der Waals surface area contributed by atoms with Gasteiger partial charge < -0.3 is 10.1 Å². The molecule has 0 unspecified atom stereocenters. The van der Waals surface area contributed by atoms with Crippen LogP contribution in [0.2, 0.25) is 10.0 Å². The Morgan fingerprint density at radius 3 is 2.37 bits per heavy atom. The molecule has 0 saturated heterocycles. The minimum absolute atomic E-state index is 0.0894. The van der Waals surface area contributed by atoms with E-state index in [0.717, 1.165) is 23.5 Å². The summed E-state index contributed by atoms with van der Waals surface area (Å²) in [6.07, 6.45) is 1.11. The number of carbonyl (C=O) groups is 1. The van der Waals surface area contributed by atoms with E-state index in [9.17, 15) is 4.79 Å². The van der Waals surface area contributed by atoms with Gasteiger partial charge in [0, 0.05) is 28.1 Å². The Hall–Kier alpha value is -1.36. The van der Waals surface area contributed by atoms with Gasteiger partial charge in [-0.2, -0.15) is 11.8 Å². The maximum atomic E-state index is 12.4. The molecule has 2 aromatic carbocycles. The molecule has 2 aromatic rings. The highest BCUT2D eigenvalue weighted by Gasteiger charge is 2.17. The molecule has 3 nitrogen and oxygen atoms in total. The number of rotatable bonds is 10. The fourth-order valence-corrected chi connectivity index (χ4v) is 4.09. The standard InChI is InChI=1S/C21H25Cl2NO2S/c1-3-15-8-10-16(11-9-15)26-20(4-2)21(25)24-12-13-27-14-17-18(22)6-5-7-19(17)23/h5-11,20H,3-4,12-14H2,1-2H3,(H,24,25)/t20-/m0/s1. The summed E-state index contributed by atoms with van der Waals surface area (Å²) in [6, 6.07) is 13.4. The Labute approximate surface area is 175 Å². The fraction of sp³-hybridized carbons (Fsp3) is 0.381. The zero-order chi connectivity index (χ0) is 19.6. The third-order valence-corrected chi connectivity index (χ3v) is 5.82. The largest absolute Gasteiger partial charge is 0.481 e. The number of amides is 1. The molecule has 6 heteroatoms. The van der Waals surface area contributed by atoms with E-state index in [1.807, 2.05) is 49.4 Å². The van der Waals surface area contributed by atoms with Crippen LogP contribution in [0, 0.1) is 0 Å². The summed E-state index contributed by atoms with van der Waals surface area (Å²) in [5.74, 6) is 2.12. The minimum atomic E-state index is -0.486. The molecule has 0 heterocycles. The van der Waals surface area contributed by atoms with E-state index >= 15 is 0 Å². The van der Waals surface area contributed by atoms with E-state index in [1.165, 1.54) is 5.56 Å². The number of nitrogens with one attached hydrogen (secondary N) is 1. The molecular formula is C21H25Cl2NO2S. The summed E-state index contributed by atoms with van der Waals surface area (Å²) in [5.41, 5.74) is 2.18. The molecule has 0 fully saturated rings. The van der Waals surface area contributed by atoms with Crippen LogP contribution in [0.1, 0.15) is 31.4 Å². The predicted molar refractivity (Wildman–Crippen MR) is 116 cm³/mol. The Balaban J connectivity index is 1.74. The van der Waals surface area contributed by atoms with Gasteiger partial charge >= 0.3 is 0 Å². The van der Waals surface area contributed by atoms with Crippen molar-refractivity contribution in [2.24, 2.45) is 0 Å². The quantitative estimate of drug-likeness (QED) is 0.491. The number of hydrogen-bond donors (Lipinski definition) is 1. The lowest BCUT2D eigenvalue weighted by molar-refractivity contribution is -0.127. The number of hydrogen-bond acceptors (Lipinski definition) is 3. The normalized spacial score (nSPS) is 11.9. The van der Waals surface area contributed by atoms with E-state index in [-0.39, 0.29) is 5.91 Å². The van der Waals surface area contributed by atoms with Crippen molar-refractivity contribution in [1.82, 2.24) is 5.32 Å². The summed E-state index contributed by atoms with van der Waals surface area (Å²) < 4.78 is 5.83. The van der Waals surface area contributed by atoms with Gasteiger partial charge in [0.25, 0.3) is 5.91 Å². The number of aryl methyl sites for hydroxylation is 1. The third-order valence-electron chi connectivity index (χ3n) is 4.13. The van der Waals surface area contributed by atoms with Crippen LogP contribution in [0.4, 0.5) is 0 Å². The Morgan fingerprint density at radius 2 is 1.78 bits per heavy atom. The van der Waals surface area contributed by atoms with Gasteiger partial charge in [-0.1, -0.05) is 55.2 Å². The van der Waals surface area contributed by atoms with Crippen molar-refractivity contribution in [3.05, 3.63) is 63.6 Å². The van der Waals surface area contributed by atoms with Gasteiger partial charge in [0.15, 0.2) is 6.10 Å². The Kier molecular flexibility index (Phi) is 9.32. The Bertz CT molecular complexity index is 717. The van der Waals surface area contributed by atoms with Crippen molar-refractivity contribution in [2.45, 2.75) is 38.5 Å². The van der Waals surface area contributed by atoms with Crippen LogP contribution in [0.5, 0.6) is 5.75 Å². The van der Waals surface area contributed by atoms with Crippen molar-refractivity contribution in [2.75, 3.05) is 12.3 Å². The highest BCUT2D eigenvalue weighted by atomic mass is 35.5. The average Bonchev–Trinajstić information content (AvgIpc) is 2.68. The topological polar surface area (TPSA) is 38.3 Å².